The highest BCUT2D eigenvalue weighted by Crippen LogP contribution is 2.34. The maximum atomic E-state index is 13.2. The zero-order valence-electron chi connectivity index (χ0n) is 16.9. The maximum absolute atomic E-state index is 13.2. The van der Waals surface area contributed by atoms with E-state index in [1.807, 2.05) is 34.1 Å². The minimum absolute atomic E-state index is 0.00755. The molecule has 1 N–H and O–H groups in total. The Kier molecular flexibility index (Phi) is 7.14. The van der Waals surface area contributed by atoms with Gasteiger partial charge >= 0.3 is 6.03 Å². The molecule has 1 aromatic carbocycles. The van der Waals surface area contributed by atoms with E-state index >= 15 is 0 Å². The van der Waals surface area contributed by atoms with Crippen LogP contribution < -0.4 is 15.0 Å². The number of benzene rings is 1. The van der Waals surface area contributed by atoms with E-state index in [0.29, 0.717) is 45.6 Å². The van der Waals surface area contributed by atoms with E-state index in [1.165, 1.54) is 0 Å². The zero-order chi connectivity index (χ0) is 19.9. The van der Waals surface area contributed by atoms with Crippen LogP contribution in [0.25, 0.3) is 0 Å². The van der Waals surface area contributed by atoms with Crippen molar-refractivity contribution in [1.29, 1.82) is 0 Å². The van der Waals surface area contributed by atoms with E-state index in [1.54, 1.807) is 7.11 Å². The van der Waals surface area contributed by atoms with Crippen LogP contribution in [0.4, 0.5) is 10.5 Å². The lowest BCUT2D eigenvalue weighted by molar-refractivity contribution is -0.126. The number of rotatable bonds is 6. The highest BCUT2D eigenvalue weighted by atomic mass is 16.5. The molecule has 7 nitrogen and oxygen atoms in total. The summed E-state index contributed by atoms with van der Waals surface area (Å²) in [4.78, 5) is 29.2. The van der Waals surface area contributed by atoms with Crippen LogP contribution in [0, 0.1) is 5.92 Å². The number of fused-ring (bicyclic) bond motifs is 1. The Balaban J connectivity index is 1.56. The van der Waals surface area contributed by atoms with Gasteiger partial charge in [0.05, 0.1) is 12.2 Å². The second kappa shape index (κ2) is 9.78. The summed E-state index contributed by atoms with van der Waals surface area (Å²) in [5.41, 5.74) is 0.829. The molecular weight excluding hydrogens is 358 g/mol. The van der Waals surface area contributed by atoms with Gasteiger partial charge in [-0.1, -0.05) is 19.1 Å². The first kappa shape index (κ1) is 20.5. The summed E-state index contributed by atoms with van der Waals surface area (Å²) < 4.78 is 11.0. The van der Waals surface area contributed by atoms with E-state index in [9.17, 15) is 9.59 Å². The fourth-order valence-electron chi connectivity index (χ4n) is 3.77. The molecule has 1 atom stereocenters. The molecule has 28 heavy (non-hydrogen) atoms. The molecule has 1 aromatic rings. The molecule has 3 rings (SSSR count). The van der Waals surface area contributed by atoms with Crippen LogP contribution in [0.1, 0.15) is 32.6 Å². The lowest BCUT2D eigenvalue weighted by Crippen LogP contribution is -2.52. The van der Waals surface area contributed by atoms with Crippen LogP contribution in [0.5, 0.6) is 5.75 Å². The van der Waals surface area contributed by atoms with E-state index in [2.05, 4.69) is 12.2 Å². The first-order valence-electron chi connectivity index (χ1n) is 10.2. The van der Waals surface area contributed by atoms with E-state index < -0.39 is 0 Å². The number of nitrogens with one attached hydrogen (secondary N) is 1. The average molecular weight is 389 g/mol. The molecule has 0 saturated carbocycles. The Bertz CT molecular complexity index is 673. The van der Waals surface area contributed by atoms with Gasteiger partial charge in [0.1, 0.15) is 11.9 Å². The van der Waals surface area contributed by atoms with Crippen LogP contribution in [-0.4, -0.2) is 62.8 Å². The number of hydrogen-bond acceptors (Lipinski definition) is 4. The van der Waals surface area contributed by atoms with Gasteiger partial charge in [0.15, 0.2) is 0 Å². The minimum Gasteiger partial charge on any atom is -0.486 e. The standard InChI is InChI=1S/C21H31N3O4/c1-3-17-15-24(18-7-4-5-8-19(18)28-17)21(26)23-12-9-16(10-13-23)20(25)22-11-6-14-27-2/h4-5,7-8,16-17H,3,6,9-15H2,1-2H3,(H,22,25)/t17-/m1/s1. The Labute approximate surface area is 167 Å². The van der Waals surface area contributed by atoms with Gasteiger partial charge < -0.3 is 19.7 Å². The number of amides is 3. The molecule has 0 bridgehead atoms. The SMILES string of the molecule is CC[C@@H]1CN(C(=O)N2CCC(C(=O)NCCCOC)CC2)c2ccccc2O1. The summed E-state index contributed by atoms with van der Waals surface area (Å²) in [7, 11) is 1.66. The van der Waals surface area contributed by atoms with E-state index in [0.717, 1.165) is 24.3 Å². The molecular formula is C21H31N3O4. The van der Waals surface area contributed by atoms with Gasteiger partial charge in [-0.25, -0.2) is 4.79 Å². The number of para-hydroxylation sites is 2. The molecule has 7 heteroatoms. The van der Waals surface area contributed by atoms with Gasteiger partial charge in [-0.05, 0) is 37.8 Å². The molecule has 1 saturated heterocycles. The molecule has 0 spiro atoms. The summed E-state index contributed by atoms with van der Waals surface area (Å²) in [5, 5.41) is 2.97. The monoisotopic (exact) mass is 389 g/mol. The Hall–Kier alpha value is -2.28. The number of ether oxygens (including phenoxy) is 2. The topological polar surface area (TPSA) is 71.1 Å². The van der Waals surface area contributed by atoms with Crippen LogP contribution in [0.2, 0.25) is 0 Å². The van der Waals surface area contributed by atoms with Crippen molar-refractivity contribution in [1.82, 2.24) is 10.2 Å². The van der Waals surface area contributed by atoms with Crippen molar-refractivity contribution < 1.29 is 19.1 Å². The first-order chi connectivity index (χ1) is 13.6. The Morgan fingerprint density at radius 1 is 1.25 bits per heavy atom. The summed E-state index contributed by atoms with van der Waals surface area (Å²) in [6.07, 6.45) is 3.07. The molecule has 2 aliphatic heterocycles. The fourth-order valence-corrected chi connectivity index (χ4v) is 3.77. The maximum Gasteiger partial charge on any atom is 0.324 e. The smallest absolute Gasteiger partial charge is 0.324 e. The van der Waals surface area contributed by atoms with Crippen molar-refractivity contribution in [2.24, 2.45) is 5.92 Å². The molecule has 2 aliphatic rings. The Morgan fingerprint density at radius 3 is 2.71 bits per heavy atom. The van der Waals surface area contributed by atoms with Gasteiger partial charge in [-0.15, -0.1) is 0 Å². The lowest BCUT2D eigenvalue weighted by Gasteiger charge is -2.39. The van der Waals surface area contributed by atoms with E-state index in [4.69, 9.17) is 9.47 Å². The third-order valence-corrected chi connectivity index (χ3v) is 5.48. The number of anilines is 1. The van der Waals surface area contributed by atoms with Crippen molar-refractivity contribution in [3.63, 3.8) is 0 Å². The van der Waals surface area contributed by atoms with Crippen molar-refractivity contribution >= 4 is 17.6 Å². The number of likely N-dealkylation sites (tertiary alicyclic amines) is 1. The van der Waals surface area contributed by atoms with Crippen LogP contribution in [0.3, 0.4) is 0 Å². The molecule has 154 valence electrons. The number of carbonyl (C=O) groups is 2. The van der Waals surface area contributed by atoms with Crippen LogP contribution in [-0.2, 0) is 9.53 Å². The third-order valence-electron chi connectivity index (χ3n) is 5.48. The van der Waals surface area contributed by atoms with Crippen molar-refractivity contribution in [2.45, 2.75) is 38.7 Å². The number of urea groups is 1. The molecule has 0 aliphatic carbocycles. The largest absolute Gasteiger partial charge is 0.486 e. The first-order valence-corrected chi connectivity index (χ1v) is 10.2. The van der Waals surface area contributed by atoms with Crippen LogP contribution >= 0.6 is 0 Å². The molecule has 0 unspecified atom stereocenters. The third kappa shape index (κ3) is 4.76. The summed E-state index contributed by atoms with van der Waals surface area (Å²) in [6.45, 7) is 5.11. The number of piperidine rings is 1. The second-order valence-corrected chi connectivity index (χ2v) is 7.41. The second-order valence-electron chi connectivity index (χ2n) is 7.41. The highest BCUT2D eigenvalue weighted by Gasteiger charge is 2.34. The number of methoxy groups -OCH3 is 1. The van der Waals surface area contributed by atoms with Gasteiger partial charge in [0.25, 0.3) is 0 Å². The molecule has 1 fully saturated rings. The van der Waals surface area contributed by atoms with Crippen molar-refractivity contribution in [3.05, 3.63) is 24.3 Å². The number of hydrogen-bond donors (Lipinski definition) is 1. The molecule has 3 amide bonds. The van der Waals surface area contributed by atoms with E-state index in [-0.39, 0.29) is 24.0 Å². The van der Waals surface area contributed by atoms with Crippen molar-refractivity contribution in [2.75, 3.05) is 44.8 Å². The highest BCUT2D eigenvalue weighted by molar-refractivity contribution is 5.94. The normalized spacial score (nSPS) is 19.7. The predicted molar refractivity (Wildman–Crippen MR) is 108 cm³/mol. The van der Waals surface area contributed by atoms with Gasteiger partial charge in [-0.2, -0.15) is 0 Å². The fraction of sp³-hybridized carbons (Fsp3) is 0.619. The molecule has 2 heterocycles. The van der Waals surface area contributed by atoms with Gasteiger partial charge in [0, 0.05) is 39.3 Å². The Morgan fingerprint density at radius 2 is 2.00 bits per heavy atom. The predicted octanol–water partition coefficient (Wildman–Crippen LogP) is 2.65. The lowest BCUT2D eigenvalue weighted by atomic mass is 9.96. The zero-order valence-corrected chi connectivity index (χ0v) is 16.9. The number of nitrogens with zero attached hydrogens (tertiary/aromatic N) is 2. The average Bonchev–Trinajstić information content (AvgIpc) is 2.75. The van der Waals surface area contributed by atoms with Crippen LogP contribution in [0.15, 0.2) is 24.3 Å². The molecule has 0 aromatic heterocycles. The van der Waals surface area contributed by atoms with Crippen molar-refractivity contribution in [3.8, 4) is 5.75 Å². The number of carbonyl (C=O) groups excluding carboxylic acids is 2. The molecule has 0 radical (unpaired) electrons. The minimum atomic E-state index is -0.0213. The summed E-state index contributed by atoms with van der Waals surface area (Å²) in [6, 6.07) is 7.70. The summed E-state index contributed by atoms with van der Waals surface area (Å²) >= 11 is 0. The summed E-state index contributed by atoms with van der Waals surface area (Å²) in [5.74, 6) is 0.831. The van der Waals surface area contributed by atoms with Gasteiger partial charge in [0.2, 0.25) is 5.91 Å². The van der Waals surface area contributed by atoms with Gasteiger partial charge in [-0.3, -0.25) is 9.69 Å². The quantitative estimate of drug-likeness (QED) is 0.760.